The van der Waals surface area contributed by atoms with E-state index in [1.807, 2.05) is 52.0 Å². The zero-order chi connectivity index (χ0) is 26.7. The summed E-state index contributed by atoms with van der Waals surface area (Å²) >= 11 is 0. The number of aryl methyl sites for hydroxylation is 1. The Labute approximate surface area is 215 Å². The first kappa shape index (κ1) is 29.2. The molecule has 0 spiro atoms. The number of benzene rings is 2. The van der Waals surface area contributed by atoms with Gasteiger partial charge in [0.15, 0.2) is 0 Å². The molecule has 0 heterocycles. The number of rotatable bonds is 14. The van der Waals surface area contributed by atoms with Crippen molar-refractivity contribution >= 4 is 27.5 Å². The molecule has 0 aromatic heterocycles. The first-order valence-corrected chi connectivity index (χ1v) is 14.3. The van der Waals surface area contributed by atoms with E-state index in [4.69, 9.17) is 4.74 Å². The van der Waals surface area contributed by atoms with Crippen molar-refractivity contribution in [2.24, 2.45) is 0 Å². The van der Waals surface area contributed by atoms with Gasteiger partial charge < -0.3 is 15.0 Å². The van der Waals surface area contributed by atoms with Crippen LogP contribution in [0.2, 0.25) is 0 Å². The lowest BCUT2D eigenvalue weighted by molar-refractivity contribution is -0.140. The number of carbonyl (C=O) groups excluding carboxylic acids is 2. The molecule has 36 heavy (non-hydrogen) atoms. The smallest absolute Gasteiger partial charge is 0.244 e. The van der Waals surface area contributed by atoms with E-state index in [0.717, 1.165) is 34.5 Å². The Hall–Kier alpha value is -3.07. The van der Waals surface area contributed by atoms with Crippen molar-refractivity contribution in [1.29, 1.82) is 0 Å². The minimum Gasteiger partial charge on any atom is -0.494 e. The van der Waals surface area contributed by atoms with Gasteiger partial charge in [-0.15, -0.1) is 0 Å². The van der Waals surface area contributed by atoms with Gasteiger partial charge in [-0.25, -0.2) is 8.42 Å². The largest absolute Gasteiger partial charge is 0.494 e. The molecular formula is C27H39N3O5S. The Morgan fingerprint density at radius 3 is 2.25 bits per heavy atom. The summed E-state index contributed by atoms with van der Waals surface area (Å²) in [6, 6.07) is 13.5. The van der Waals surface area contributed by atoms with Crippen LogP contribution < -0.4 is 14.4 Å². The van der Waals surface area contributed by atoms with Crippen LogP contribution in [-0.4, -0.2) is 57.1 Å². The average Bonchev–Trinajstić information content (AvgIpc) is 2.83. The molecule has 8 nitrogen and oxygen atoms in total. The quantitative estimate of drug-likeness (QED) is 0.384. The number of nitrogens with zero attached hydrogens (tertiary/aromatic N) is 2. The third-order valence-corrected chi connectivity index (χ3v) is 7.07. The highest BCUT2D eigenvalue weighted by atomic mass is 32.2. The molecule has 1 atom stereocenters. The van der Waals surface area contributed by atoms with E-state index in [1.165, 1.54) is 4.90 Å². The molecule has 0 unspecified atom stereocenters. The predicted octanol–water partition coefficient (Wildman–Crippen LogP) is 3.88. The maximum absolute atomic E-state index is 13.7. The van der Waals surface area contributed by atoms with Crippen LogP contribution in [0.1, 0.15) is 51.2 Å². The molecule has 2 rings (SSSR count). The third-order valence-electron chi connectivity index (χ3n) is 5.93. The molecule has 0 aliphatic rings. The summed E-state index contributed by atoms with van der Waals surface area (Å²) in [4.78, 5) is 28.3. The van der Waals surface area contributed by atoms with E-state index in [0.29, 0.717) is 31.0 Å². The van der Waals surface area contributed by atoms with Gasteiger partial charge in [-0.1, -0.05) is 44.5 Å². The summed E-state index contributed by atoms with van der Waals surface area (Å²) < 4.78 is 31.9. The normalized spacial score (nSPS) is 12.0. The van der Waals surface area contributed by atoms with Crippen molar-refractivity contribution in [2.45, 2.75) is 59.5 Å². The molecule has 2 aromatic rings. The molecule has 2 aromatic carbocycles. The molecule has 0 saturated heterocycles. The first-order chi connectivity index (χ1) is 17.1. The number of hydrogen-bond acceptors (Lipinski definition) is 5. The lowest BCUT2D eigenvalue weighted by Gasteiger charge is -2.33. The van der Waals surface area contributed by atoms with Gasteiger partial charge in [-0.2, -0.15) is 0 Å². The summed E-state index contributed by atoms with van der Waals surface area (Å²) in [6.45, 7) is 8.49. The maximum Gasteiger partial charge on any atom is 0.244 e. The Morgan fingerprint density at radius 1 is 1.03 bits per heavy atom. The van der Waals surface area contributed by atoms with E-state index < -0.39 is 28.5 Å². The van der Waals surface area contributed by atoms with Crippen LogP contribution in [0, 0.1) is 6.92 Å². The Balaban J connectivity index is 2.39. The maximum atomic E-state index is 13.7. The number of anilines is 1. The second-order valence-electron chi connectivity index (χ2n) is 8.71. The highest BCUT2D eigenvalue weighted by Crippen LogP contribution is 2.23. The number of carbonyl (C=O) groups is 2. The third kappa shape index (κ3) is 8.26. The fraction of sp³-hybridized carbons (Fsp3) is 0.481. The molecule has 0 saturated carbocycles. The number of unbranched alkanes of at least 4 members (excludes halogenated alkanes) is 1. The van der Waals surface area contributed by atoms with Crippen LogP contribution in [0.15, 0.2) is 48.5 Å². The van der Waals surface area contributed by atoms with Crippen LogP contribution in [0.25, 0.3) is 0 Å². The monoisotopic (exact) mass is 517 g/mol. The number of hydrogen-bond donors (Lipinski definition) is 1. The average molecular weight is 518 g/mol. The van der Waals surface area contributed by atoms with Crippen molar-refractivity contribution in [3.05, 3.63) is 59.7 Å². The van der Waals surface area contributed by atoms with Crippen molar-refractivity contribution in [3.8, 4) is 5.75 Å². The second kappa shape index (κ2) is 13.9. The van der Waals surface area contributed by atoms with E-state index in [1.54, 1.807) is 24.3 Å². The fourth-order valence-electron chi connectivity index (χ4n) is 3.89. The molecule has 9 heteroatoms. The summed E-state index contributed by atoms with van der Waals surface area (Å²) in [5.74, 6) is -0.0769. The number of ether oxygens (including phenoxy) is 1. The number of sulfonamides is 1. The van der Waals surface area contributed by atoms with Gasteiger partial charge in [-0.3, -0.25) is 13.9 Å². The number of amides is 2. The number of nitrogens with one attached hydrogen (secondary N) is 1. The molecule has 2 amide bonds. The second-order valence-corrected chi connectivity index (χ2v) is 10.6. The first-order valence-electron chi connectivity index (χ1n) is 12.4. The molecule has 0 aliphatic heterocycles. The molecule has 0 aliphatic carbocycles. The zero-order valence-corrected chi connectivity index (χ0v) is 22.8. The van der Waals surface area contributed by atoms with Gasteiger partial charge >= 0.3 is 0 Å². The molecule has 198 valence electrons. The van der Waals surface area contributed by atoms with Crippen LogP contribution in [0.3, 0.4) is 0 Å². The van der Waals surface area contributed by atoms with Gasteiger partial charge in [0.1, 0.15) is 18.3 Å². The van der Waals surface area contributed by atoms with Gasteiger partial charge in [0.25, 0.3) is 0 Å². The Morgan fingerprint density at radius 2 is 1.69 bits per heavy atom. The Bertz CT molecular complexity index is 1100. The van der Waals surface area contributed by atoms with E-state index >= 15 is 0 Å². The minimum atomic E-state index is -3.78. The van der Waals surface area contributed by atoms with Gasteiger partial charge in [-0.05, 0) is 62.1 Å². The van der Waals surface area contributed by atoms with Crippen LogP contribution in [0.4, 0.5) is 5.69 Å². The lowest BCUT2D eigenvalue weighted by Crippen LogP contribution is -2.52. The van der Waals surface area contributed by atoms with E-state index in [9.17, 15) is 18.0 Å². The lowest BCUT2D eigenvalue weighted by atomic mass is 10.1. The van der Waals surface area contributed by atoms with Gasteiger partial charge in [0.05, 0.1) is 18.6 Å². The summed E-state index contributed by atoms with van der Waals surface area (Å²) in [5.41, 5.74) is 2.24. The predicted molar refractivity (Wildman–Crippen MR) is 144 cm³/mol. The van der Waals surface area contributed by atoms with Crippen LogP contribution in [0.5, 0.6) is 5.75 Å². The van der Waals surface area contributed by atoms with Crippen LogP contribution >= 0.6 is 0 Å². The molecule has 0 radical (unpaired) electrons. The summed E-state index contributed by atoms with van der Waals surface area (Å²) in [7, 11) is -3.78. The summed E-state index contributed by atoms with van der Waals surface area (Å²) in [5, 5.41) is 2.93. The minimum absolute atomic E-state index is 0.200. The molecule has 1 N–H and O–H groups in total. The zero-order valence-electron chi connectivity index (χ0n) is 22.0. The van der Waals surface area contributed by atoms with Gasteiger partial charge in [0, 0.05) is 13.1 Å². The highest BCUT2D eigenvalue weighted by Gasteiger charge is 2.31. The van der Waals surface area contributed by atoms with Gasteiger partial charge in [0.2, 0.25) is 21.8 Å². The SMILES string of the molecule is CCCCNC(=O)[C@@H](CC)N(Cc1ccccc1C)C(=O)CN(c1ccc(OCC)cc1)S(C)(=O)=O. The molecule has 0 fully saturated rings. The Kier molecular flexibility index (Phi) is 11.2. The van der Waals surface area contributed by atoms with Crippen molar-refractivity contribution < 1.29 is 22.7 Å². The van der Waals surface area contributed by atoms with Crippen LogP contribution in [-0.2, 0) is 26.2 Å². The standard InChI is InChI=1S/C27H39N3O5S/c1-6-9-18-28-27(32)25(7-2)29(19-22-13-11-10-12-21(22)4)26(31)20-30(36(5,33)34)23-14-16-24(17-15-23)35-8-3/h10-17,25H,6-9,18-20H2,1-5H3,(H,28,32)/t25-/m1/s1. The fourth-order valence-corrected chi connectivity index (χ4v) is 4.74. The van der Waals surface area contributed by atoms with Crippen molar-refractivity contribution in [3.63, 3.8) is 0 Å². The molecular weight excluding hydrogens is 478 g/mol. The summed E-state index contributed by atoms with van der Waals surface area (Å²) in [6.07, 6.45) is 3.25. The van der Waals surface area contributed by atoms with Crippen molar-refractivity contribution in [1.82, 2.24) is 10.2 Å². The van der Waals surface area contributed by atoms with E-state index in [-0.39, 0.29) is 12.5 Å². The molecule has 0 bridgehead atoms. The topological polar surface area (TPSA) is 96.0 Å². The van der Waals surface area contributed by atoms with E-state index in [2.05, 4.69) is 5.32 Å². The van der Waals surface area contributed by atoms with Crippen molar-refractivity contribution in [2.75, 3.05) is 30.3 Å². The highest BCUT2D eigenvalue weighted by molar-refractivity contribution is 7.92.